The minimum atomic E-state index is -0.467. The van der Waals surface area contributed by atoms with Crippen LogP contribution in [0.3, 0.4) is 0 Å². The Balaban J connectivity index is 1.74. The van der Waals surface area contributed by atoms with E-state index in [-0.39, 0.29) is 17.8 Å². The molecule has 4 nitrogen and oxygen atoms in total. The normalized spacial score (nSPS) is 16.3. The van der Waals surface area contributed by atoms with E-state index in [1.54, 1.807) is 12.1 Å². The molecule has 0 fully saturated rings. The number of anilines is 1. The number of hydrogen-bond donors (Lipinski definition) is 0. The van der Waals surface area contributed by atoms with Crippen molar-refractivity contribution in [2.45, 2.75) is 33.1 Å². The van der Waals surface area contributed by atoms with Gasteiger partial charge in [0.25, 0.3) is 0 Å². The molecule has 27 heavy (non-hydrogen) atoms. The Morgan fingerprint density at radius 2 is 1.78 bits per heavy atom. The number of rotatable bonds is 4. The van der Waals surface area contributed by atoms with Gasteiger partial charge in [0.15, 0.2) is 12.4 Å². The maximum Gasteiger partial charge on any atom is 0.338 e. The summed E-state index contributed by atoms with van der Waals surface area (Å²) >= 11 is 0. The van der Waals surface area contributed by atoms with Gasteiger partial charge < -0.3 is 9.64 Å². The zero-order chi connectivity index (χ0) is 19.8. The first-order valence-electron chi connectivity index (χ1n) is 9.05. The number of ether oxygens (including phenoxy) is 1. The third-order valence-corrected chi connectivity index (χ3v) is 5.41. The summed E-state index contributed by atoms with van der Waals surface area (Å²) in [7, 11) is 1.95. The summed E-state index contributed by atoms with van der Waals surface area (Å²) in [6.07, 6.45) is 1.59. The number of carbonyl (C=O) groups is 2. The van der Waals surface area contributed by atoms with E-state index in [0.29, 0.717) is 5.56 Å². The lowest BCUT2D eigenvalue weighted by Gasteiger charge is -2.23. The highest BCUT2D eigenvalue weighted by Crippen LogP contribution is 2.46. The van der Waals surface area contributed by atoms with Crippen LogP contribution in [0.25, 0.3) is 0 Å². The minimum Gasteiger partial charge on any atom is -0.454 e. The fourth-order valence-corrected chi connectivity index (χ4v) is 3.64. The molecule has 2 aromatic carbocycles. The highest BCUT2D eigenvalue weighted by molar-refractivity contribution is 5.97. The second-order valence-electron chi connectivity index (χ2n) is 7.52. The van der Waals surface area contributed by atoms with E-state index in [0.717, 1.165) is 22.5 Å². The van der Waals surface area contributed by atoms with Crippen molar-refractivity contribution in [3.63, 3.8) is 0 Å². The molecule has 0 spiro atoms. The molecule has 1 aliphatic rings. The number of hydrogen-bond acceptors (Lipinski definition) is 4. The quantitative estimate of drug-likeness (QED) is 0.599. The number of likely N-dealkylation sites (N-methyl/N-ethyl adjacent to an activating group) is 1. The maximum atomic E-state index is 12.5. The highest BCUT2D eigenvalue weighted by atomic mass is 16.5. The summed E-state index contributed by atoms with van der Waals surface area (Å²) in [5.74, 6) is -0.693. The van der Waals surface area contributed by atoms with Crippen molar-refractivity contribution in [2.24, 2.45) is 0 Å². The second-order valence-corrected chi connectivity index (χ2v) is 7.52. The molecule has 0 radical (unpaired) electrons. The SMILES string of the molecule is Cc1cccc(C(=O)OCC(=O)C=C2N(C)c3ccccc3C2(C)C)c1C. The van der Waals surface area contributed by atoms with Crippen molar-refractivity contribution >= 4 is 17.4 Å². The van der Waals surface area contributed by atoms with Gasteiger partial charge in [-0.05, 0) is 42.7 Å². The van der Waals surface area contributed by atoms with Crippen molar-refractivity contribution in [1.82, 2.24) is 0 Å². The molecule has 0 saturated heterocycles. The van der Waals surface area contributed by atoms with Crippen LogP contribution in [0.2, 0.25) is 0 Å². The van der Waals surface area contributed by atoms with Crippen LogP contribution >= 0.6 is 0 Å². The fraction of sp³-hybridized carbons (Fsp3) is 0.304. The lowest BCUT2D eigenvalue weighted by molar-refractivity contribution is -0.117. The monoisotopic (exact) mass is 363 g/mol. The van der Waals surface area contributed by atoms with E-state index in [9.17, 15) is 9.59 Å². The smallest absolute Gasteiger partial charge is 0.338 e. The number of fused-ring (bicyclic) bond motifs is 1. The summed E-state index contributed by atoms with van der Waals surface area (Å²) in [6, 6.07) is 13.6. The first kappa shape index (κ1) is 18.9. The van der Waals surface area contributed by atoms with Crippen molar-refractivity contribution in [2.75, 3.05) is 18.6 Å². The summed E-state index contributed by atoms with van der Waals surface area (Å²) in [5, 5.41) is 0. The van der Waals surface area contributed by atoms with Gasteiger partial charge in [-0.15, -0.1) is 0 Å². The topological polar surface area (TPSA) is 46.6 Å². The average Bonchev–Trinajstić information content (AvgIpc) is 2.83. The van der Waals surface area contributed by atoms with Gasteiger partial charge in [-0.3, -0.25) is 4.79 Å². The van der Waals surface area contributed by atoms with Gasteiger partial charge >= 0.3 is 5.97 Å². The standard InChI is InChI=1S/C23H25NO3/c1-15-9-8-10-18(16(15)2)22(26)27-14-17(25)13-21-23(3,4)19-11-6-7-12-20(19)24(21)5/h6-13H,14H2,1-5H3. The Labute approximate surface area is 160 Å². The number of aryl methyl sites for hydroxylation is 1. The summed E-state index contributed by atoms with van der Waals surface area (Å²) < 4.78 is 5.26. The Morgan fingerprint density at radius 1 is 1.07 bits per heavy atom. The lowest BCUT2D eigenvalue weighted by atomic mass is 9.83. The Hall–Kier alpha value is -2.88. The molecule has 0 atom stereocenters. The third kappa shape index (κ3) is 3.39. The number of benzene rings is 2. The third-order valence-electron chi connectivity index (χ3n) is 5.41. The number of nitrogens with zero attached hydrogens (tertiary/aromatic N) is 1. The fourth-order valence-electron chi connectivity index (χ4n) is 3.64. The van der Waals surface area contributed by atoms with Crippen LogP contribution in [0.5, 0.6) is 0 Å². The van der Waals surface area contributed by atoms with Crippen LogP contribution in [0.15, 0.2) is 54.2 Å². The number of ketones is 1. The Morgan fingerprint density at radius 3 is 2.48 bits per heavy atom. The van der Waals surface area contributed by atoms with E-state index in [2.05, 4.69) is 19.9 Å². The molecule has 0 bridgehead atoms. The van der Waals surface area contributed by atoms with Gasteiger partial charge in [-0.25, -0.2) is 4.79 Å². The molecule has 1 heterocycles. The molecule has 3 rings (SSSR count). The first-order valence-corrected chi connectivity index (χ1v) is 9.05. The van der Waals surface area contributed by atoms with Crippen molar-refractivity contribution in [1.29, 1.82) is 0 Å². The Kier molecular flexibility index (Phi) is 4.92. The van der Waals surface area contributed by atoms with Crippen LogP contribution in [0.4, 0.5) is 5.69 Å². The molecule has 0 unspecified atom stereocenters. The lowest BCUT2D eigenvalue weighted by Crippen LogP contribution is -2.25. The predicted octanol–water partition coefficient (Wildman–Crippen LogP) is 4.34. The number of para-hydroxylation sites is 1. The zero-order valence-electron chi connectivity index (χ0n) is 16.5. The van der Waals surface area contributed by atoms with Crippen LogP contribution in [0.1, 0.15) is 40.9 Å². The van der Waals surface area contributed by atoms with Crippen molar-refractivity contribution < 1.29 is 14.3 Å². The van der Waals surface area contributed by atoms with Crippen molar-refractivity contribution in [3.8, 4) is 0 Å². The van der Waals surface area contributed by atoms with Gasteiger partial charge in [-0.2, -0.15) is 0 Å². The molecule has 0 aromatic heterocycles. The molecule has 1 aliphatic heterocycles. The number of esters is 1. The largest absolute Gasteiger partial charge is 0.454 e. The Bertz CT molecular complexity index is 940. The predicted molar refractivity (Wildman–Crippen MR) is 107 cm³/mol. The van der Waals surface area contributed by atoms with Gasteiger partial charge in [0, 0.05) is 29.9 Å². The average molecular weight is 363 g/mol. The van der Waals surface area contributed by atoms with Crippen LogP contribution in [0, 0.1) is 13.8 Å². The van der Waals surface area contributed by atoms with Crippen LogP contribution in [-0.4, -0.2) is 25.4 Å². The van der Waals surface area contributed by atoms with Gasteiger partial charge in [0.1, 0.15) is 0 Å². The van der Waals surface area contributed by atoms with E-state index in [1.165, 1.54) is 5.56 Å². The second kappa shape index (κ2) is 7.03. The molecule has 0 N–H and O–H groups in total. The molecule has 0 saturated carbocycles. The minimum absolute atomic E-state index is 0.226. The van der Waals surface area contributed by atoms with Gasteiger partial charge in [0.2, 0.25) is 0 Å². The van der Waals surface area contributed by atoms with Crippen LogP contribution < -0.4 is 4.90 Å². The molecule has 0 amide bonds. The van der Waals surface area contributed by atoms with Gasteiger partial charge in [0.05, 0.1) is 5.56 Å². The molecular weight excluding hydrogens is 338 g/mol. The highest BCUT2D eigenvalue weighted by Gasteiger charge is 2.38. The van der Waals surface area contributed by atoms with E-state index >= 15 is 0 Å². The molecule has 4 heteroatoms. The zero-order valence-corrected chi connectivity index (χ0v) is 16.5. The van der Waals surface area contributed by atoms with E-state index < -0.39 is 5.97 Å². The molecule has 2 aromatic rings. The van der Waals surface area contributed by atoms with Crippen molar-refractivity contribution in [3.05, 3.63) is 76.5 Å². The summed E-state index contributed by atoms with van der Waals surface area (Å²) in [6.45, 7) is 7.74. The maximum absolute atomic E-state index is 12.5. The summed E-state index contributed by atoms with van der Waals surface area (Å²) in [5.41, 5.74) is 5.29. The molecular formula is C23H25NO3. The number of allylic oxidation sites excluding steroid dienone is 1. The van der Waals surface area contributed by atoms with E-state index in [4.69, 9.17) is 4.74 Å². The molecule has 140 valence electrons. The first-order chi connectivity index (χ1) is 12.7. The molecule has 0 aliphatic carbocycles. The van der Waals surface area contributed by atoms with Gasteiger partial charge in [-0.1, -0.05) is 44.2 Å². The van der Waals surface area contributed by atoms with E-state index in [1.807, 2.05) is 56.1 Å². The summed E-state index contributed by atoms with van der Waals surface area (Å²) in [4.78, 5) is 26.8. The number of carbonyl (C=O) groups excluding carboxylic acids is 2. The van der Waals surface area contributed by atoms with Crippen LogP contribution in [-0.2, 0) is 14.9 Å².